The highest BCUT2D eigenvalue weighted by molar-refractivity contribution is 7.80. The SMILES string of the molecule is CC(C)n1cccc1[C@H]1[C@@H](c2ccccn2)NC(=S)N1C. The molecule has 1 saturated heterocycles. The van der Waals surface area contributed by atoms with Gasteiger partial charge in [0.2, 0.25) is 0 Å². The first kappa shape index (κ1) is 14.1. The number of likely N-dealkylation sites (N-methyl/N-ethyl adjacent to an activating group) is 1. The number of aromatic nitrogens is 2. The molecule has 21 heavy (non-hydrogen) atoms. The largest absolute Gasteiger partial charge is 0.352 e. The molecule has 0 unspecified atom stereocenters. The van der Waals surface area contributed by atoms with E-state index >= 15 is 0 Å². The molecular formula is C16H20N4S. The fraction of sp³-hybridized carbons (Fsp3) is 0.375. The summed E-state index contributed by atoms with van der Waals surface area (Å²) in [5.41, 5.74) is 2.28. The lowest BCUT2D eigenvalue weighted by Crippen LogP contribution is -2.26. The topological polar surface area (TPSA) is 33.1 Å². The molecule has 1 aliphatic heterocycles. The Morgan fingerprint density at radius 3 is 2.71 bits per heavy atom. The molecule has 3 heterocycles. The Morgan fingerprint density at radius 2 is 2.05 bits per heavy atom. The molecule has 0 bridgehead atoms. The van der Waals surface area contributed by atoms with E-state index in [9.17, 15) is 0 Å². The van der Waals surface area contributed by atoms with Crippen LogP contribution in [0, 0.1) is 0 Å². The van der Waals surface area contributed by atoms with E-state index in [2.05, 4.69) is 58.0 Å². The van der Waals surface area contributed by atoms with Crippen LogP contribution in [-0.4, -0.2) is 26.6 Å². The lowest BCUT2D eigenvalue weighted by molar-refractivity contribution is 0.343. The summed E-state index contributed by atoms with van der Waals surface area (Å²) in [6, 6.07) is 10.9. The lowest BCUT2D eigenvalue weighted by Gasteiger charge is -2.27. The van der Waals surface area contributed by atoms with Gasteiger partial charge in [-0.15, -0.1) is 0 Å². The van der Waals surface area contributed by atoms with Crippen LogP contribution < -0.4 is 5.32 Å². The zero-order valence-corrected chi connectivity index (χ0v) is 13.3. The summed E-state index contributed by atoms with van der Waals surface area (Å²) >= 11 is 5.46. The average Bonchev–Trinajstić information content (AvgIpc) is 3.06. The maximum atomic E-state index is 5.46. The highest BCUT2D eigenvalue weighted by atomic mass is 32.1. The molecule has 2 atom stereocenters. The summed E-state index contributed by atoms with van der Waals surface area (Å²) in [7, 11) is 2.04. The fourth-order valence-corrected chi connectivity index (χ4v) is 3.20. The monoisotopic (exact) mass is 300 g/mol. The van der Waals surface area contributed by atoms with Gasteiger partial charge in [-0.25, -0.2) is 0 Å². The normalized spacial score (nSPS) is 21.9. The molecule has 0 saturated carbocycles. The molecule has 0 aromatic carbocycles. The van der Waals surface area contributed by atoms with Crippen molar-refractivity contribution in [2.45, 2.75) is 32.0 Å². The molecular weight excluding hydrogens is 280 g/mol. The van der Waals surface area contributed by atoms with Gasteiger partial charge in [-0.2, -0.15) is 0 Å². The summed E-state index contributed by atoms with van der Waals surface area (Å²) in [5.74, 6) is 0. The second kappa shape index (κ2) is 5.48. The molecule has 5 heteroatoms. The number of hydrogen-bond donors (Lipinski definition) is 1. The van der Waals surface area contributed by atoms with Gasteiger partial charge in [0.1, 0.15) is 0 Å². The molecule has 0 aliphatic carbocycles. The number of thiocarbonyl (C=S) groups is 1. The Bertz CT molecular complexity index is 635. The van der Waals surface area contributed by atoms with Crippen molar-refractivity contribution in [3.05, 3.63) is 54.1 Å². The number of nitrogens with zero attached hydrogens (tertiary/aromatic N) is 3. The molecule has 0 radical (unpaired) electrons. The Hall–Kier alpha value is -1.88. The molecule has 1 fully saturated rings. The molecule has 1 aliphatic rings. The van der Waals surface area contributed by atoms with Crippen molar-refractivity contribution < 1.29 is 0 Å². The zero-order chi connectivity index (χ0) is 15.0. The van der Waals surface area contributed by atoms with E-state index in [1.54, 1.807) is 0 Å². The molecule has 0 spiro atoms. The standard InChI is InChI=1S/C16H20N4S/c1-11(2)20-10-6-8-13(20)15-14(18-16(21)19(15)3)12-7-4-5-9-17-12/h4-11,14-15H,1-3H3,(H,18,21)/t14-,15+/m1/s1. The van der Waals surface area contributed by atoms with E-state index in [1.165, 1.54) is 5.69 Å². The maximum Gasteiger partial charge on any atom is 0.169 e. The molecule has 2 aromatic heterocycles. The predicted octanol–water partition coefficient (Wildman–Crippen LogP) is 3.07. The van der Waals surface area contributed by atoms with Crippen LogP contribution in [0.3, 0.4) is 0 Å². The van der Waals surface area contributed by atoms with Gasteiger partial charge in [0.25, 0.3) is 0 Å². The van der Waals surface area contributed by atoms with E-state index in [-0.39, 0.29) is 12.1 Å². The minimum atomic E-state index is 0.0797. The van der Waals surface area contributed by atoms with Crippen molar-refractivity contribution in [1.82, 2.24) is 19.8 Å². The molecule has 1 N–H and O–H groups in total. The van der Waals surface area contributed by atoms with Crippen molar-refractivity contribution in [2.24, 2.45) is 0 Å². The van der Waals surface area contributed by atoms with Gasteiger partial charge in [-0.3, -0.25) is 4.98 Å². The van der Waals surface area contributed by atoms with Gasteiger partial charge in [0.05, 0.1) is 17.8 Å². The van der Waals surface area contributed by atoms with Gasteiger partial charge in [0.15, 0.2) is 5.11 Å². The van der Waals surface area contributed by atoms with Crippen LogP contribution in [0.25, 0.3) is 0 Å². The van der Waals surface area contributed by atoms with Crippen LogP contribution in [0.15, 0.2) is 42.7 Å². The van der Waals surface area contributed by atoms with E-state index in [0.29, 0.717) is 6.04 Å². The first-order chi connectivity index (χ1) is 10.1. The summed E-state index contributed by atoms with van der Waals surface area (Å²) in [5, 5.41) is 4.18. The zero-order valence-electron chi connectivity index (χ0n) is 12.5. The second-order valence-corrected chi connectivity index (χ2v) is 6.06. The van der Waals surface area contributed by atoms with Crippen LogP contribution in [-0.2, 0) is 0 Å². The van der Waals surface area contributed by atoms with Crippen molar-refractivity contribution in [3.63, 3.8) is 0 Å². The summed E-state index contributed by atoms with van der Waals surface area (Å²) < 4.78 is 2.30. The van der Waals surface area contributed by atoms with E-state index in [1.807, 2.05) is 25.4 Å². The van der Waals surface area contributed by atoms with E-state index < -0.39 is 0 Å². The Labute approximate surface area is 130 Å². The highest BCUT2D eigenvalue weighted by Crippen LogP contribution is 2.38. The van der Waals surface area contributed by atoms with Crippen LogP contribution in [0.2, 0.25) is 0 Å². The van der Waals surface area contributed by atoms with Gasteiger partial charge in [0, 0.05) is 31.2 Å². The smallest absolute Gasteiger partial charge is 0.169 e. The third-order valence-corrected chi connectivity index (χ3v) is 4.42. The Kier molecular flexibility index (Phi) is 3.68. The average molecular weight is 300 g/mol. The molecule has 2 aromatic rings. The minimum absolute atomic E-state index is 0.0797. The quantitative estimate of drug-likeness (QED) is 0.883. The third-order valence-electron chi connectivity index (χ3n) is 4.01. The fourth-order valence-electron chi connectivity index (χ4n) is 2.96. The first-order valence-corrected chi connectivity index (χ1v) is 7.61. The van der Waals surface area contributed by atoms with Crippen molar-refractivity contribution in [3.8, 4) is 0 Å². The summed E-state index contributed by atoms with van der Waals surface area (Å²) in [6.07, 6.45) is 3.96. The Balaban J connectivity index is 2.04. The van der Waals surface area contributed by atoms with Gasteiger partial charge in [-0.1, -0.05) is 6.07 Å². The van der Waals surface area contributed by atoms with Crippen molar-refractivity contribution in [2.75, 3.05) is 7.05 Å². The third kappa shape index (κ3) is 2.42. The second-order valence-electron chi connectivity index (χ2n) is 5.67. The Morgan fingerprint density at radius 1 is 1.24 bits per heavy atom. The number of pyridine rings is 1. The van der Waals surface area contributed by atoms with Crippen LogP contribution in [0.4, 0.5) is 0 Å². The summed E-state index contributed by atoms with van der Waals surface area (Å²) in [6.45, 7) is 4.39. The van der Waals surface area contributed by atoms with Crippen LogP contribution in [0.5, 0.6) is 0 Å². The lowest BCUT2D eigenvalue weighted by atomic mass is 10.0. The van der Waals surface area contributed by atoms with E-state index in [4.69, 9.17) is 12.2 Å². The van der Waals surface area contributed by atoms with Crippen molar-refractivity contribution >= 4 is 17.3 Å². The van der Waals surface area contributed by atoms with Gasteiger partial charge < -0.3 is 14.8 Å². The summed E-state index contributed by atoms with van der Waals surface area (Å²) in [4.78, 5) is 6.63. The van der Waals surface area contributed by atoms with Crippen LogP contribution >= 0.6 is 12.2 Å². The van der Waals surface area contributed by atoms with Gasteiger partial charge >= 0.3 is 0 Å². The molecule has 3 rings (SSSR count). The molecule has 4 nitrogen and oxygen atoms in total. The molecule has 0 amide bonds. The number of nitrogens with one attached hydrogen (secondary N) is 1. The first-order valence-electron chi connectivity index (χ1n) is 7.20. The predicted molar refractivity (Wildman–Crippen MR) is 88.0 cm³/mol. The maximum absolute atomic E-state index is 5.46. The number of rotatable bonds is 3. The number of hydrogen-bond acceptors (Lipinski definition) is 2. The van der Waals surface area contributed by atoms with Gasteiger partial charge in [-0.05, 0) is 50.3 Å². The van der Waals surface area contributed by atoms with E-state index in [0.717, 1.165) is 10.8 Å². The van der Waals surface area contributed by atoms with Crippen LogP contribution in [0.1, 0.15) is 43.4 Å². The van der Waals surface area contributed by atoms with Crippen molar-refractivity contribution in [1.29, 1.82) is 0 Å². The minimum Gasteiger partial charge on any atom is -0.352 e. The highest BCUT2D eigenvalue weighted by Gasteiger charge is 2.39. The molecule has 110 valence electrons.